The third kappa shape index (κ3) is 3.84. The zero-order valence-corrected chi connectivity index (χ0v) is 16.6. The van der Waals surface area contributed by atoms with Crippen LogP contribution in [0.2, 0.25) is 0 Å². The summed E-state index contributed by atoms with van der Waals surface area (Å²) in [4.78, 5) is 22.4. The number of rotatable bonds is 4. The van der Waals surface area contributed by atoms with E-state index in [0.717, 1.165) is 11.1 Å². The Labute approximate surface area is 125 Å². The van der Waals surface area contributed by atoms with Gasteiger partial charge in [-0.25, -0.2) is 0 Å². The van der Waals surface area contributed by atoms with Crippen LogP contribution in [0.15, 0.2) is 48.5 Å². The molecule has 2 aromatic rings. The molecule has 0 aliphatic rings. The molecule has 0 aromatic heterocycles. The summed E-state index contributed by atoms with van der Waals surface area (Å²) >= 11 is -1.34. The summed E-state index contributed by atoms with van der Waals surface area (Å²) in [5, 5.41) is 0. The van der Waals surface area contributed by atoms with E-state index in [1.54, 1.807) is 13.8 Å². The van der Waals surface area contributed by atoms with Crippen molar-refractivity contribution in [3.8, 4) is 0 Å². The second-order valence-corrected chi connectivity index (χ2v) is 12.4. The Morgan fingerprint density at radius 3 is 1.26 bits per heavy atom. The molecular weight excluding hydrogens is 425 g/mol. The molecule has 19 heavy (non-hydrogen) atoms. The van der Waals surface area contributed by atoms with Crippen LogP contribution in [0.1, 0.15) is 34.6 Å². The SMILES string of the molecule is CC(=O)c1cc[c]([Hg][c]2ccc(C(C)=O)cc2)cc1. The average Bonchev–Trinajstić information content (AvgIpc) is 2.40. The fraction of sp³-hybridized carbons (Fsp3) is 0.125. The van der Waals surface area contributed by atoms with Gasteiger partial charge in [-0.05, 0) is 0 Å². The maximum absolute atomic E-state index is 11.2. The van der Waals surface area contributed by atoms with E-state index in [1.807, 2.05) is 24.3 Å². The fourth-order valence-electron chi connectivity index (χ4n) is 1.95. The van der Waals surface area contributed by atoms with Gasteiger partial charge in [0, 0.05) is 0 Å². The topological polar surface area (TPSA) is 34.1 Å². The number of carbonyl (C=O) groups excluding carboxylic acids is 2. The predicted octanol–water partition coefficient (Wildman–Crippen LogP) is 2.13. The van der Waals surface area contributed by atoms with Crippen LogP contribution in [0, 0.1) is 0 Å². The molecule has 0 saturated heterocycles. The van der Waals surface area contributed by atoms with Gasteiger partial charge in [-0.15, -0.1) is 0 Å². The van der Waals surface area contributed by atoms with Crippen molar-refractivity contribution in [2.45, 2.75) is 13.8 Å². The van der Waals surface area contributed by atoms with Crippen LogP contribution in [0.3, 0.4) is 0 Å². The Hall–Kier alpha value is -1.28. The predicted molar refractivity (Wildman–Crippen MR) is 72.2 cm³/mol. The van der Waals surface area contributed by atoms with Gasteiger partial charge in [0.2, 0.25) is 0 Å². The molecule has 0 heterocycles. The Morgan fingerprint density at radius 2 is 1.00 bits per heavy atom. The molecule has 0 aliphatic carbocycles. The van der Waals surface area contributed by atoms with Gasteiger partial charge in [-0.3, -0.25) is 0 Å². The Kier molecular flexibility index (Phi) is 4.64. The van der Waals surface area contributed by atoms with Crippen molar-refractivity contribution in [1.29, 1.82) is 0 Å². The third-order valence-corrected chi connectivity index (χ3v) is 9.97. The second-order valence-electron chi connectivity index (χ2n) is 4.68. The quantitative estimate of drug-likeness (QED) is 0.541. The Bertz CT molecular complexity index is 542. The molecule has 2 rings (SSSR count). The van der Waals surface area contributed by atoms with Crippen LogP contribution < -0.4 is 6.14 Å². The molecule has 0 fully saturated rings. The number of hydrogen-bond acceptors (Lipinski definition) is 2. The number of carbonyl (C=O) groups is 2. The van der Waals surface area contributed by atoms with Crippen LogP contribution >= 0.6 is 0 Å². The average molecular weight is 439 g/mol. The monoisotopic (exact) mass is 440 g/mol. The Morgan fingerprint density at radius 1 is 0.684 bits per heavy atom. The van der Waals surface area contributed by atoms with Crippen molar-refractivity contribution < 1.29 is 34.2 Å². The zero-order chi connectivity index (χ0) is 13.8. The van der Waals surface area contributed by atoms with Gasteiger partial charge < -0.3 is 0 Å². The van der Waals surface area contributed by atoms with E-state index < -0.39 is 24.6 Å². The molecular formula is C16H14HgO2. The fourth-order valence-corrected chi connectivity index (χ4v) is 7.45. The first-order valence-corrected chi connectivity index (χ1v) is 11.8. The molecule has 2 aromatic carbocycles. The van der Waals surface area contributed by atoms with E-state index in [9.17, 15) is 9.59 Å². The van der Waals surface area contributed by atoms with Crippen LogP contribution in [0.5, 0.6) is 0 Å². The molecule has 2 nitrogen and oxygen atoms in total. The number of ketones is 2. The third-order valence-electron chi connectivity index (χ3n) is 3.13. The summed E-state index contributed by atoms with van der Waals surface area (Å²) in [6.07, 6.45) is 0. The van der Waals surface area contributed by atoms with E-state index in [1.165, 1.54) is 6.14 Å². The molecule has 0 unspecified atom stereocenters. The summed E-state index contributed by atoms with van der Waals surface area (Å²) in [5.41, 5.74) is 1.54. The summed E-state index contributed by atoms with van der Waals surface area (Å²) in [6, 6.07) is 15.9. The van der Waals surface area contributed by atoms with Gasteiger partial charge in [0.25, 0.3) is 0 Å². The van der Waals surface area contributed by atoms with Gasteiger partial charge in [0.1, 0.15) is 0 Å². The van der Waals surface area contributed by atoms with E-state index in [0.29, 0.717) is 0 Å². The van der Waals surface area contributed by atoms with Gasteiger partial charge in [-0.2, -0.15) is 0 Å². The van der Waals surface area contributed by atoms with Crippen molar-refractivity contribution in [2.75, 3.05) is 0 Å². The summed E-state index contributed by atoms with van der Waals surface area (Å²) in [7, 11) is 0. The molecule has 0 radical (unpaired) electrons. The molecule has 92 valence electrons. The summed E-state index contributed by atoms with van der Waals surface area (Å²) < 4.78 is 2.75. The second kappa shape index (κ2) is 6.24. The normalized spacial score (nSPS) is 9.79. The number of hydrogen-bond donors (Lipinski definition) is 0. The minimum atomic E-state index is -1.34. The van der Waals surface area contributed by atoms with Gasteiger partial charge in [0.05, 0.1) is 0 Å². The van der Waals surface area contributed by atoms with Crippen molar-refractivity contribution in [3.05, 3.63) is 59.7 Å². The van der Waals surface area contributed by atoms with Crippen molar-refractivity contribution in [3.63, 3.8) is 0 Å². The van der Waals surface area contributed by atoms with Crippen molar-refractivity contribution >= 4 is 17.7 Å². The zero-order valence-electron chi connectivity index (χ0n) is 11.1. The van der Waals surface area contributed by atoms with E-state index in [-0.39, 0.29) is 11.6 Å². The first kappa shape index (κ1) is 14.1. The van der Waals surface area contributed by atoms with Crippen molar-refractivity contribution in [2.24, 2.45) is 0 Å². The standard InChI is InChI=1S/2C8H7O.Hg/c2*1-7(9)8-5-3-2-4-6-8;/h2*3-6H,1H3;. The number of benzene rings is 2. The molecule has 0 atom stereocenters. The molecule has 0 N–H and O–H groups in total. The number of Topliss-reactive ketones (excluding diaryl/α,β-unsaturated/α-hetero) is 2. The van der Waals surface area contributed by atoms with Crippen LogP contribution in [0.4, 0.5) is 0 Å². The van der Waals surface area contributed by atoms with Gasteiger partial charge in [-0.1, -0.05) is 0 Å². The van der Waals surface area contributed by atoms with Crippen LogP contribution in [-0.2, 0) is 24.6 Å². The molecule has 0 bridgehead atoms. The molecule has 3 heteroatoms. The summed E-state index contributed by atoms with van der Waals surface area (Å²) in [5.74, 6) is 0.211. The molecule has 0 aliphatic heterocycles. The van der Waals surface area contributed by atoms with E-state index in [2.05, 4.69) is 24.3 Å². The van der Waals surface area contributed by atoms with E-state index in [4.69, 9.17) is 0 Å². The van der Waals surface area contributed by atoms with Gasteiger partial charge in [0.15, 0.2) is 0 Å². The van der Waals surface area contributed by atoms with E-state index >= 15 is 0 Å². The maximum atomic E-state index is 11.2. The van der Waals surface area contributed by atoms with Crippen molar-refractivity contribution in [1.82, 2.24) is 0 Å². The molecule has 0 saturated carbocycles. The first-order chi connectivity index (χ1) is 9.06. The van der Waals surface area contributed by atoms with Crippen LogP contribution in [-0.4, -0.2) is 11.6 Å². The molecule has 0 spiro atoms. The van der Waals surface area contributed by atoms with Crippen LogP contribution in [0.25, 0.3) is 0 Å². The molecule has 0 amide bonds. The first-order valence-electron chi connectivity index (χ1n) is 6.26. The summed E-state index contributed by atoms with van der Waals surface area (Å²) in [6.45, 7) is 3.17. The minimum absolute atomic E-state index is 0.106. The Balaban J connectivity index is 2.12. The van der Waals surface area contributed by atoms with Gasteiger partial charge >= 0.3 is 125 Å².